The summed E-state index contributed by atoms with van der Waals surface area (Å²) in [5, 5.41) is 19.5. The summed E-state index contributed by atoms with van der Waals surface area (Å²) in [6.45, 7) is 5.03. The number of aromatic nitrogens is 3. The van der Waals surface area contributed by atoms with Gasteiger partial charge in [0, 0.05) is 35.7 Å². The first-order valence-electron chi connectivity index (χ1n) is 8.72. The molecule has 1 amide bonds. The second-order valence-corrected chi connectivity index (χ2v) is 6.60. The van der Waals surface area contributed by atoms with E-state index in [0.29, 0.717) is 23.4 Å². The fraction of sp³-hybridized carbons (Fsp3) is 0.250. The number of hydrogen-bond donors (Lipinski definition) is 2. The van der Waals surface area contributed by atoms with Gasteiger partial charge in [-0.15, -0.1) is 10.2 Å². The van der Waals surface area contributed by atoms with Gasteiger partial charge in [0.25, 0.3) is 0 Å². The number of benzene rings is 1. The standard InChI is InChI=1S/C20H20N4O2/c1-2-19(26)24-9-5-6-13(12-24)16-10-14-11-17(22-23-20(14)21-16)15-7-3-4-8-18(15)25/h2-4,7-8,10-11,13,25H,1,5-6,9,12H2,(H,21,23). The van der Waals surface area contributed by atoms with Gasteiger partial charge in [0.15, 0.2) is 5.65 Å². The van der Waals surface area contributed by atoms with Crippen LogP contribution in [0.4, 0.5) is 0 Å². The van der Waals surface area contributed by atoms with Gasteiger partial charge in [0.1, 0.15) is 5.75 Å². The van der Waals surface area contributed by atoms with Crippen LogP contribution in [0.5, 0.6) is 5.75 Å². The van der Waals surface area contributed by atoms with Gasteiger partial charge in [-0.05, 0) is 43.2 Å². The molecule has 6 heteroatoms. The van der Waals surface area contributed by atoms with Crippen LogP contribution in [0.2, 0.25) is 0 Å². The molecule has 0 aliphatic carbocycles. The number of rotatable bonds is 3. The Hall–Kier alpha value is -3.15. The van der Waals surface area contributed by atoms with E-state index in [9.17, 15) is 9.90 Å². The van der Waals surface area contributed by atoms with Crippen LogP contribution in [0.3, 0.4) is 0 Å². The number of nitrogens with zero attached hydrogens (tertiary/aromatic N) is 3. The maximum Gasteiger partial charge on any atom is 0.245 e. The lowest BCUT2D eigenvalue weighted by Crippen LogP contribution is -2.38. The summed E-state index contributed by atoms with van der Waals surface area (Å²) in [5.41, 5.74) is 3.06. The Morgan fingerprint density at radius 3 is 2.96 bits per heavy atom. The maximum atomic E-state index is 11.9. The van der Waals surface area contributed by atoms with Crippen LogP contribution in [0.25, 0.3) is 22.3 Å². The maximum absolute atomic E-state index is 11.9. The van der Waals surface area contributed by atoms with Crippen molar-refractivity contribution in [1.29, 1.82) is 0 Å². The summed E-state index contributed by atoms with van der Waals surface area (Å²) in [4.78, 5) is 17.1. The van der Waals surface area contributed by atoms with Crippen LogP contribution in [0.1, 0.15) is 24.5 Å². The number of amides is 1. The molecule has 4 rings (SSSR count). The number of aromatic hydroxyl groups is 1. The van der Waals surface area contributed by atoms with Crippen molar-refractivity contribution < 1.29 is 9.90 Å². The van der Waals surface area contributed by atoms with Gasteiger partial charge < -0.3 is 15.0 Å². The fourth-order valence-electron chi connectivity index (χ4n) is 3.56. The van der Waals surface area contributed by atoms with Crippen LogP contribution in [0, 0.1) is 0 Å². The Kier molecular flexibility index (Phi) is 4.16. The molecule has 1 aliphatic heterocycles. The number of likely N-dealkylation sites (tertiary alicyclic amines) is 1. The van der Waals surface area contributed by atoms with Crippen LogP contribution in [-0.2, 0) is 4.79 Å². The Labute approximate surface area is 151 Å². The molecule has 1 aliphatic rings. The third-order valence-corrected chi connectivity index (χ3v) is 4.92. The molecular formula is C20H20N4O2. The van der Waals surface area contributed by atoms with Crippen LogP contribution in [-0.4, -0.2) is 44.2 Å². The first-order valence-corrected chi connectivity index (χ1v) is 8.72. The topological polar surface area (TPSA) is 82.1 Å². The van der Waals surface area contributed by atoms with Gasteiger partial charge in [-0.1, -0.05) is 18.7 Å². The molecule has 1 fully saturated rings. The molecule has 1 atom stereocenters. The first-order chi connectivity index (χ1) is 12.7. The van der Waals surface area contributed by atoms with E-state index >= 15 is 0 Å². The van der Waals surface area contributed by atoms with Crippen molar-refractivity contribution in [1.82, 2.24) is 20.1 Å². The third kappa shape index (κ3) is 2.94. The van der Waals surface area contributed by atoms with E-state index in [4.69, 9.17) is 0 Å². The molecule has 26 heavy (non-hydrogen) atoms. The van der Waals surface area contributed by atoms with E-state index < -0.39 is 0 Å². The molecule has 132 valence electrons. The molecule has 2 aromatic heterocycles. The largest absolute Gasteiger partial charge is 0.507 e. The molecule has 1 saturated heterocycles. The van der Waals surface area contributed by atoms with Crippen molar-refractivity contribution in [2.75, 3.05) is 13.1 Å². The van der Waals surface area contributed by atoms with Crippen molar-refractivity contribution >= 4 is 16.9 Å². The first kappa shape index (κ1) is 16.3. The lowest BCUT2D eigenvalue weighted by atomic mass is 9.94. The smallest absolute Gasteiger partial charge is 0.245 e. The third-order valence-electron chi connectivity index (χ3n) is 4.92. The van der Waals surface area contributed by atoms with Crippen LogP contribution >= 0.6 is 0 Å². The molecule has 1 aromatic carbocycles. The van der Waals surface area contributed by atoms with E-state index in [-0.39, 0.29) is 17.6 Å². The minimum Gasteiger partial charge on any atom is -0.507 e. The van der Waals surface area contributed by atoms with Crippen molar-refractivity contribution in [2.24, 2.45) is 0 Å². The summed E-state index contributed by atoms with van der Waals surface area (Å²) in [6, 6.07) is 11.1. The lowest BCUT2D eigenvalue weighted by Gasteiger charge is -2.31. The number of carbonyl (C=O) groups excluding carboxylic acids is 1. The Bertz CT molecular complexity index is 979. The number of hydrogen-bond acceptors (Lipinski definition) is 4. The number of H-pyrrole nitrogens is 1. The molecule has 0 bridgehead atoms. The minimum atomic E-state index is -0.0209. The SMILES string of the molecule is C=CC(=O)N1CCCC(c2cc3cc(-c4ccccc4O)nnc3[nH]2)C1. The van der Waals surface area contributed by atoms with Crippen molar-refractivity contribution in [3.8, 4) is 17.0 Å². The van der Waals surface area contributed by atoms with Crippen molar-refractivity contribution in [2.45, 2.75) is 18.8 Å². The summed E-state index contributed by atoms with van der Waals surface area (Å²) in [5.74, 6) is 0.408. The number of piperidine rings is 1. The number of para-hydroxylation sites is 1. The minimum absolute atomic E-state index is 0.0209. The fourth-order valence-corrected chi connectivity index (χ4v) is 3.56. The quantitative estimate of drug-likeness (QED) is 0.712. The zero-order chi connectivity index (χ0) is 18.1. The summed E-state index contributed by atoms with van der Waals surface area (Å²) in [7, 11) is 0. The monoisotopic (exact) mass is 348 g/mol. The number of phenols is 1. The van der Waals surface area contributed by atoms with Crippen molar-refractivity contribution in [3.05, 3.63) is 54.7 Å². The van der Waals surface area contributed by atoms with Gasteiger partial charge in [-0.2, -0.15) is 0 Å². The van der Waals surface area contributed by atoms with E-state index in [2.05, 4.69) is 27.8 Å². The second kappa shape index (κ2) is 6.63. The highest BCUT2D eigenvalue weighted by atomic mass is 16.3. The Morgan fingerprint density at radius 2 is 2.15 bits per heavy atom. The average molecular weight is 348 g/mol. The number of nitrogens with one attached hydrogen (secondary N) is 1. The average Bonchev–Trinajstić information content (AvgIpc) is 3.11. The van der Waals surface area contributed by atoms with Gasteiger partial charge in [0.2, 0.25) is 5.91 Å². The number of carbonyl (C=O) groups is 1. The van der Waals surface area contributed by atoms with E-state index in [1.165, 1.54) is 6.08 Å². The number of aromatic amines is 1. The van der Waals surface area contributed by atoms with E-state index in [1.54, 1.807) is 12.1 Å². The molecule has 3 heterocycles. The van der Waals surface area contributed by atoms with Gasteiger partial charge in [-0.3, -0.25) is 4.79 Å². The van der Waals surface area contributed by atoms with Gasteiger partial charge in [-0.25, -0.2) is 0 Å². The van der Waals surface area contributed by atoms with Crippen molar-refractivity contribution in [3.63, 3.8) is 0 Å². The number of phenolic OH excluding ortho intramolecular Hbond substituents is 1. The zero-order valence-electron chi connectivity index (χ0n) is 14.4. The lowest BCUT2D eigenvalue weighted by molar-refractivity contribution is -0.127. The predicted octanol–water partition coefficient (Wildman–Crippen LogP) is 3.22. The van der Waals surface area contributed by atoms with E-state index in [0.717, 1.165) is 30.5 Å². The molecule has 0 spiro atoms. The normalized spacial score (nSPS) is 17.4. The zero-order valence-corrected chi connectivity index (χ0v) is 14.4. The summed E-state index contributed by atoms with van der Waals surface area (Å²) < 4.78 is 0. The molecule has 6 nitrogen and oxygen atoms in total. The van der Waals surface area contributed by atoms with Crippen LogP contribution < -0.4 is 0 Å². The number of fused-ring (bicyclic) bond motifs is 1. The Morgan fingerprint density at radius 1 is 1.31 bits per heavy atom. The molecular weight excluding hydrogens is 328 g/mol. The van der Waals surface area contributed by atoms with Crippen LogP contribution in [0.15, 0.2) is 49.1 Å². The summed E-state index contributed by atoms with van der Waals surface area (Å²) >= 11 is 0. The van der Waals surface area contributed by atoms with Gasteiger partial charge in [0.05, 0.1) is 5.69 Å². The Balaban J connectivity index is 1.65. The highest BCUT2D eigenvalue weighted by Gasteiger charge is 2.25. The van der Waals surface area contributed by atoms with E-state index in [1.807, 2.05) is 23.1 Å². The molecule has 0 radical (unpaired) electrons. The molecule has 2 N–H and O–H groups in total. The molecule has 1 unspecified atom stereocenters. The highest BCUT2D eigenvalue weighted by Crippen LogP contribution is 2.31. The molecule has 3 aromatic rings. The molecule has 0 saturated carbocycles. The summed E-state index contributed by atoms with van der Waals surface area (Å²) in [6.07, 6.45) is 3.36. The van der Waals surface area contributed by atoms with Gasteiger partial charge >= 0.3 is 0 Å². The second-order valence-electron chi connectivity index (χ2n) is 6.60. The highest BCUT2D eigenvalue weighted by molar-refractivity contribution is 5.87. The predicted molar refractivity (Wildman–Crippen MR) is 99.7 cm³/mol.